The largest absolute Gasteiger partial charge is 0.493 e. The third-order valence-electron chi connectivity index (χ3n) is 4.52. The van der Waals surface area contributed by atoms with Crippen molar-refractivity contribution < 1.29 is 9.53 Å². The Morgan fingerprint density at radius 3 is 2.75 bits per heavy atom. The number of allylic oxidation sites excluding steroid dienone is 1. The molecular formula is C21H19N3O2S2. The van der Waals surface area contributed by atoms with Crippen molar-refractivity contribution in [1.29, 1.82) is 5.41 Å². The van der Waals surface area contributed by atoms with Gasteiger partial charge >= 0.3 is 0 Å². The zero-order valence-electron chi connectivity index (χ0n) is 15.6. The molecule has 1 N–H and O–H groups in total. The van der Waals surface area contributed by atoms with Gasteiger partial charge in [0.25, 0.3) is 0 Å². The van der Waals surface area contributed by atoms with Crippen LogP contribution >= 0.6 is 23.1 Å². The molecule has 1 atom stereocenters. The fourth-order valence-electron chi connectivity index (χ4n) is 3.18. The lowest BCUT2D eigenvalue weighted by Crippen LogP contribution is -2.11. The maximum absolute atomic E-state index is 13.1. The Kier molecular flexibility index (Phi) is 5.28. The number of fused-ring (bicyclic) bond motifs is 1. The highest BCUT2D eigenvalue weighted by Gasteiger charge is 2.39. The average Bonchev–Trinajstić information content (AvgIpc) is 3.27. The standard InChI is InChI=1S/C21H19N3O2S2/c1-3-17-23-24-21(28-17)18-19(25)16(27-20(18)22)11-14-13-8-6-5-7-12(13)9-10-15(14)26-4-2/h5-11,18,22H,3-4H2,1-2H3/b16-11-,22-20?/t18-/m1/s1. The van der Waals surface area contributed by atoms with Gasteiger partial charge in [-0.25, -0.2) is 0 Å². The summed E-state index contributed by atoms with van der Waals surface area (Å²) in [6, 6.07) is 12.0. The quantitative estimate of drug-likeness (QED) is 0.595. The van der Waals surface area contributed by atoms with E-state index in [4.69, 9.17) is 10.1 Å². The van der Waals surface area contributed by atoms with Crippen molar-refractivity contribution in [3.63, 3.8) is 0 Å². The van der Waals surface area contributed by atoms with Gasteiger partial charge in [-0.1, -0.05) is 49.0 Å². The zero-order chi connectivity index (χ0) is 19.7. The molecule has 142 valence electrons. The van der Waals surface area contributed by atoms with E-state index in [1.54, 1.807) is 0 Å². The van der Waals surface area contributed by atoms with Crippen molar-refractivity contribution in [3.05, 3.63) is 56.9 Å². The number of carbonyl (C=O) groups excluding carboxylic acids is 1. The molecule has 0 aliphatic carbocycles. The van der Waals surface area contributed by atoms with Crippen LogP contribution in [0.25, 0.3) is 16.8 Å². The van der Waals surface area contributed by atoms with Gasteiger partial charge in [0.05, 0.1) is 16.6 Å². The second kappa shape index (κ2) is 7.85. The number of nitrogens with zero attached hydrogens (tertiary/aromatic N) is 2. The van der Waals surface area contributed by atoms with Crippen LogP contribution in [0.15, 0.2) is 41.3 Å². The molecule has 0 unspecified atom stereocenters. The first kappa shape index (κ1) is 18.8. The number of nitrogens with one attached hydrogen (secondary N) is 1. The number of carbonyl (C=O) groups is 1. The predicted octanol–water partition coefficient (Wildman–Crippen LogP) is 5.07. The summed E-state index contributed by atoms with van der Waals surface area (Å²) in [5, 5.41) is 20.5. The van der Waals surface area contributed by atoms with Gasteiger partial charge in [-0.05, 0) is 36.3 Å². The third-order valence-corrected chi connectivity index (χ3v) is 6.65. The average molecular weight is 410 g/mol. The summed E-state index contributed by atoms with van der Waals surface area (Å²) in [6.07, 6.45) is 2.63. The monoisotopic (exact) mass is 409 g/mol. The minimum atomic E-state index is -0.639. The van der Waals surface area contributed by atoms with Crippen LogP contribution in [-0.4, -0.2) is 27.6 Å². The number of hydrogen-bond acceptors (Lipinski definition) is 7. The third kappa shape index (κ3) is 3.36. The fourth-order valence-corrected chi connectivity index (χ4v) is 5.11. The number of Topliss-reactive ketones (excluding diaryl/α,β-unsaturated/α-hetero) is 1. The Morgan fingerprint density at radius 1 is 1.18 bits per heavy atom. The van der Waals surface area contributed by atoms with Crippen LogP contribution in [0.5, 0.6) is 5.75 Å². The zero-order valence-corrected chi connectivity index (χ0v) is 17.2. The Morgan fingerprint density at radius 2 is 2.00 bits per heavy atom. The van der Waals surface area contributed by atoms with Gasteiger partial charge in [-0.15, -0.1) is 21.5 Å². The summed E-state index contributed by atoms with van der Waals surface area (Å²) in [7, 11) is 0. The molecule has 0 bridgehead atoms. The highest BCUT2D eigenvalue weighted by atomic mass is 32.2. The molecule has 0 spiro atoms. The van der Waals surface area contributed by atoms with Crippen molar-refractivity contribution in [3.8, 4) is 5.75 Å². The summed E-state index contributed by atoms with van der Waals surface area (Å²) in [6.45, 7) is 4.48. The Balaban J connectivity index is 1.78. The summed E-state index contributed by atoms with van der Waals surface area (Å²) in [5.74, 6) is 0.00465. The van der Waals surface area contributed by atoms with Gasteiger partial charge < -0.3 is 4.74 Å². The molecule has 2 heterocycles. The molecule has 28 heavy (non-hydrogen) atoms. The van der Waals surface area contributed by atoms with Crippen molar-refractivity contribution >= 4 is 50.8 Å². The SMILES string of the molecule is CCOc1ccc2ccccc2c1/C=C1\SC(=N)[C@H](c2nnc(CC)s2)C1=O. The van der Waals surface area contributed by atoms with Crippen LogP contribution in [-0.2, 0) is 11.2 Å². The molecular weight excluding hydrogens is 390 g/mol. The Hall–Kier alpha value is -2.51. The molecule has 0 amide bonds. The molecule has 5 nitrogen and oxygen atoms in total. The minimum absolute atomic E-state index is 0.0933. The number of aromatic nitrogens is 2. The molecule has 7 heteroatoms. The van der Waals surface area contributed by atoms with Crippen molar-refractivity contribution in [2.24, 2.45) is 0 Å². The Bertz CT molecular complexity index is 1100. The van der Waals surface area contributed by atoms with E-state index in [9.17, 15) is 4.79 Å². The van der Waals surface area contributed by atoms with E-state index in [-0.39, 0.29) is 5.78 Å². The van der Waals surface area contributed by atoms with Crippen molar-refractivity contribution in [2.75, 3.05) is 6.61 Å². The molecule has 1 aromatic heterocycles. The van der Waals surface area contributed by atoms with Crippen LogP contribution in [0.3, 0.4) is 0 Å². The second-order valence-corrected chi connectivity index (χ2v) is 8.47. The molecule has 1 aliphatic heterocycles. The van der Waals surface area contributed by atoms with Gasteiger partial charge in [0.1, 0.15) is 21.7 Å². The number of benzene rings is 2. The molecule has 1 saturated heterocycles. The first-order valence-electron chi connectivity index (χ1n) is 9.11. The molecule has 0 saturated carbocycles. The summed E-state index contributed by atoms with van der Waals surface area (Å²) >= 11 is 2.61. The summed E-state index contributed by atoms with van der Waals surface area (Å²) in [4.78, 5) is 13.6. The molecule has 1 fully saturated rings. The number of hydrogen-bond donors (Lipinski definition) is 1. The molecule has 3 aromatic rings. The van der Waals surface area contributed by atoms with Crippen LogP contribution < -0.4 is 4.74 Å². The van der Waals surface area contributed by atoms with Crippen molar-refractivity contribution in [2.45, 2.75) is 26.2 Å². The van der Waals surface area contributed by atoms with E-state index in [1.165, 1.54) is 23.1 Å². The fraction of sp³-hybridized carbons (Fsp3) is 0.238. The van der Waals surface area contributed by atoms with E-state index in [2.05, 4.69) is 10.2 Å². The maximum Gasteiger partial charge on any atom is 0.186 e. The van der Waals surface area contributed by atoms with Crippen LogP contribution in [0, 0.1) is 5.41 Å². The first-order chi connectivity index (χ1) is 13.6. The van der Waals surface area contributed by atoms with Gasteiger partial charge in [0.2, 0.25) is 0 Å². The Labute approximate surface area is 171 Å². The number of ether oxygens (including phenoxy) is 1. The van der Waals surface area contributed by atoms with E-state index in [0.29, 0.717) is 21.6 Å². The number of ketones is 1. The number of aryl methyl sites for hydroxylation is 1. The van der Waals surface area contributed by atoms with Crippen LogP contribution in [0.4, 0.5) is 0 Å². The molecule has 0 radical (unpaired) electrons. The lowest BCUT2D eigenvalue weighted by Gasteiger charge is -2.11. The lowest BCUT2D eigenvalue weighted by molar-refractivity contribution is -0.114. The smallest absolute Gasteiger partial charge is 0.186 e. The summed E-state index contributed by atoms with van der Waals surface area (Å²) in [5.41, 5.74) is 0.871. The number of rotatable bonds is 5. The topological polar surface area (TPSA) is 75.9 Å². The number of thioether (sulfide) groups is 1. The molecule has 4 rings (SSSR count). The molecule has 1 aliphatic rings. The van der Waals surface area contributed by atoms with Crippen LogP contribution in [0.2, 0.25) is 0 Å². The molecule has 2 aromatic carbocycles. The minimum Gasteiger partial charge on any atom is -0.493 e. The first-order valence-corrected chi connectivity index (χ1v) is 10.7. The maximum atomic E-state index is 13.1. The van der Waals surface area contributed by atoms with Gasteiger partial charge in [0.15, 0.2) is 5.78 Å². The normalized spacial score (nSPS) is 18.4. The highest BCUT2D eigenvalue weighted by molar-refractivity contribution is 8.19. The van der Waals surface area contributed by atoms with Crippen LogP contribution in [0.1, 0.15) is 35.3 Å². The van der Waals surface area contributed by atoms with E-state index >= 15 is 0 Å². The van der Waals surface area contributed by atoms with E-state index < -0.39 is 5.92 Å². The second-order valence-electron chi connectivity index (χ2n) is 6.29. The lowest BCUT2D eigenvalue weighted by atomic mass is 10.0. The van der Waals surface area contributed by atoms with E-state index in [1.807, 2.05) is 56.3 Å². The van der Waals surface area contributed by atoms with Gasteiger partial charge in [-0.2, -0.15) is 0 Å². The van der Waals surface area contributed by atoms with Crippen molar-refractivity contribution in [1.82, 2.24) is 10.2 Å². The predicted molar refractivity (Wildman–Crippen MR) is 115 cm³/mol. The van der Waals surface area contributed by atoms with E-state index in [0.717, 1.165) is 33.5 Å². The highest BCUT2D eigenvalue weighted by Crippen LogP contribution is 2.43. The summed E-state index contributed by atoms with van der Waals surface area (Å²) < 4.78 is 5.81. The van der Waals surface area contributed by atoms with Gasteiger partial charge in [-0.3, -0.25) is 10.2 Å². The van der Waals surface area contributed by atoms with Gasteiger partial charge in [0, 0.05) is 5.56 Å².